The number of aryl methyl sites for hydroxylation is 1. The van der Waals surface area contributed by atoms with E-state index in [0.29, 0.717) is 19.8 Å². The van der Waals surface area contributed by atoms with Crippen molar-refractivity contribution in [3.8, 4) is 5.75 Å². The number of nitrogens with zero attached hydrogens (tertiary/aromatic N) is 1. The van der Waals surface area contributed by atoms with Crippen molar-refractivity contribution in [3.05, 3.63) is 29.3 Å². The first-order chi connectivity index (χ1) is 11.9. The molecule has 7 nitrogen and oxygen atoms in total. The summed E-state index contributed by atoms with van der Waals surface area (Å²) in [6.45, 7) is 5.31. The van der Waals surface area contributed by atoms with Crippen LogP contribution in [0.2, 0.25) is 0 Å². The molecule has 0 radical (unpaired) electrons. The second-order valence-corrected chi connectivity index (χ2v) is 6.49. The van der Waals surface area contributed by atoms with E-state index in [1.54, 1.807) is 14.0 Å². The van der Waals surface area contributed by atoms with Crippen LogP contribution in [0.1, 0.15) is 24.5 Å². The van der Waals surface area contributed by atoms with Crippen LogP contribution in [-0.2, 0) is 16.1 Å². The molecule has 1 aromatic carbocycles. The zero-order valence-electron chi connectivity index (χ0n) is 14.9. The van der Waals surface area contributed by atoms with Gasteiger partial charge in [-0.3, -0.25) is 4.79 Å². The minimum absolute atomic E-state index is 0.0374. The predicted octanol–water partition coefficient (Wildman–Crippen LogP) is 2.02. The van der Waals surface area contributed by atoms with Crippen molar-refractivity contribution in [1.82, 2.24) is 10.2 Å². The van der Waals surface area contributed by atoms with Gasteiger partial charge in [0.25, 0.3) is 0 Å². The summed E-state index contributed by atoms with van der Waals surface area (Å²) in [4.78, 5) is 24.4. The van der Waals surface area contributed by atoms with Crippen LogP contribution in [0, 0.1) is 12.8 Å². The first-order valence-corrected chi connectivity index (χ1v) is 8.42. The number of benzene rings is 1. The number of carboxylic acids is 1. The SMILES string of the molecule is Cc1ccc(CNC(=O)N(C)CC(C)C(=O)O)c(OC2CCOC2)c1. The first kappa shape index (κ1) is 19.1. The number of hydrogen-bond donors (Lipinski definition) is 2. The number of carbonyl (C=O) groups excluding carboxylic acids is 1. The van der Waals surface area contributed by atoms with E-state index in [1.165, 1.54) is 4.90 Å². The fourth-order valence-corrected chi connectivity index (χ4v) is 2.58. The third kappa shape index (κ3) is 5.63. The van der Waals surface area contributed by atoms with Crippen LogP contribution in [0.25, 0.3) is 0 Å². The minimum Gasteiger partial charge on any atom is -0.488 e. The summed E-state index contributed by atoms with van der Waals surface area (Å²) in [6, 6.07) is 5.54. The van der Waals surface area contributed by atoms with Gasteiger partial charge >= 0.3 is 12.0 Å². The van der Waals surface area contributed by atoms with Gasteiger partial charge in [-0.15, -0.1) is 0 Å². The fraction of sp³-hybridized carbons (Fsp3) is 0.556. The number of ether oxygens (including phenoxy) is 2. The van der Waals surface area contributed by atoms with Crippen LogP contribution in [0.4, 0.5) is 4.79 Å². The van der Waals surface area contributed by atoms with Crippen molar-refractivity contribution in [3.63, 3.8) is 0 Å². The summed E-state index contributed by atoms with van der Waals surface area (Å²) < 4.78 is 11.3. The molecule has 2 N–H and O–H groups in total. The Labute approximate surface area is 147 Å². The average Bonchev–Trinajstić information content (AvgIpc) is 3.06. The maximum atomic E-state index is 12.2. The van der Waals surface area contributed by atoms with E-state index in [4.69, 9.17) is 14.6 Å². The third-order valence-corrected chi connectivity index (χ3v) is 4.15. The molecule has 1 heterocycles. The molecule has 2 rings (SSSR count). The summed E-state index contributed by atoms with van der Waals surface area (Å²) >= 11 is 0. The van der Waals surface area contributed by atoms with E-state index < -0.39 is 11.9 Å². The number of carboxylic acid groups (broad SMARTS) is 1. The van der Waals surface area contributed by atoms with Crippen molar-refractivity contribution in [1.29, 1.82) is 0 Å². The van der Waals surface area contributed by atoms with Crippen molar-refractivity contribution >= 4 is 12.0 Å². The summed E-state index contributed by atoms with van der Waals surface area (Å²) in [6.07, 6.45) is 0.894. The molecule has 2 atom stereocenters. The van der Waals surface area contributed by atoms with Gasteiger partial charge in [0, 0.05) is 32.1 Å². The van der Waals surface area contributed by atoms with E-state index in [9.17, 15) is 9.59 Å². The predicted molar refractivity (Wildman–Crippen MR) is 92.7 cm³/mol. The Morgan fingerprint density at radius 2 is 2.24 bits per heavy atom. The van der Waals surface area contributed by atoms with Crippen LogP contribution >= 0.6 is 0 Å². The van der Waals surface area contributed by atoms with Crippen LogP contribution in [-0.4, -0.2) is 54.9 Å². The number of rotatable bonds is 7. The lowest BCUT2D eigenvalue weighted by atomic mass is 10.1. The number of nitrogens with one attached hydrogen (secondary N) is 1. The van der Waals surface area contributed by atoms with Gasteiger partial charge in [0.1, 0.15) is 11.9 Å². The lowest BCUT2D eigenvalue weighted by Crippen LogP contribution is -2.40. The number of urea groups is 1. The van der Waals surface area contributed by atoms with Gasteiger partial charge in [0.2, 0.25) is 0 Å². The van der Waals surface area contributed by atoms with E-state index in [1.807, 2.05) is 25.1 Å². The Morgan fingerprint density at radius 1 is 1.48 bits per heavy atom. The van der Waals surface area contributed by atoms with Crippen LogP contribution in [0.15, 0.2) is 18.2 Å². The van der Waals surface area contributed by atoms with Crippen LogP contribution in [0.3, 0.4) is 0 Å². The molecule has 2 amide bonds. The van der Waals surface area contributed by atoms with E-state index in [2.05, 4.69) is 5.32 Å². The van der Waals surface area contributed by atoms with E-state index in [-0.39, 0.29) is 18.7 Å². The Hall–Kier alpha value is -2.28. The summed E-state index contributed by atoms with van der Waals surface area (Å²) in [7, 11) is 1.58. The second kappa shape index (κ2) is 8.71. The van der Waals surface area contributed by atoms with E-state index in [0.717, 1.165) is 23.3 Å². The van der Waals surface area contributed by atoms with Gasteiger partial charge in [-0.1, -0.05) is 19.1 Å². The molecule has 1 fully saturated rings. The van der Waals surface area contributed by atoms with Gasteiger partial charge in [-0.05, 0) is 18.6 Å². The molecule has 0 spiro atoms. The maximum Gasteiger partial charge on any atom is 0.317 e. The van der Waals surface area contributed by atoms with Gasteiger partial charge in [-0.25, -0.2) is 4.79 Å². The fourth-order valence-electron chi connectivity index (χ4n) is 2.58. The number of hydrogen-bond acceptors (Lipinski definition) is 4. The van der Waals surface area contributed by atoms with Gasteiger partial charge < -0.3 is 24.8 Å². The van der Waals surface area contributed by atoms with Crippen molar-refractivity contribution in [2.45, 2.75) is 32.9 Å². The molecule has 1 aliphatic heterocycles. The Morgan fingerprint density at radius 3 is 2.88 bits per heavy atom. The second-order valence-electron chi connectivity index (χ2n) is 6.49. The minimum atomic E-state index is -0.923. The molecular weight excluding hydrogens is 324 g/mol. The molecule has 0 saturated carbocycles. The largest absolute Gasteiger partial charge is 0.488 e. The Balaban J connectivity index is 1.95. The highest BCUT2D eigenvalue weighted by atomic mass is 16.5. The highest BCUT2D eigenvalue weighted by Crippen LogP contribution is 2.23. The molecule has 25 heavy (non-hydrogen) atoms. The lowest BCUT2D eigenvalue weighted by molar-refractivity contribution is -0.141. The third-order valence-electron chi connectivity index (χ3n) is 4.15. The van der Waals surface area contributed by atoms with Crippen molar-refractivity contribution in [2.75, 3.05) is 26.8 Å². The Bertz CT molecular complexity index is 613. The zero-order chi connectivity index (χ0) is 18.4. The number of amides is 2. The summed E-state index contributed by atoms with van der Waals surface area (Å²) in [5.41, 5.74) is 1.96. The molecular formula is C18H26N2O5. The molecule has 1 aliphatic rings. The van der Waals surface area contributed by atoms with Gasteiger partial charge in [0.05, 0.1) is 19.1 Å². The standard InChI is InChI=1S/C18H26N2O5/c1-12-4-5-14(16(8-12)25-15-6-7-24-11-15)9-19-18(23)20(3)10-13(2)17(21)22/h4-5,8,13,15H,6-7,9-11H2,1-3H3,(H,19,23)(H,21,22). The maximum absolute atomic E-state index is 12.2. The molecule has 0 aromatic heterocycles. The van der Waals surface area contributed by atoms with Crippen molar-refractivity contribution < 1.29 is 24.2 Å². The topological polar surface area (TPSA) is 88.1 Å². The zero-order valence-corrected chi connectivity index (χ0v) is 14.9. The molecule has 0 bridgehead atoms. The summed E-state index contributed by atoms with van der Waals surface area (Å²) in [5, 5.41) is 11.7. The van der Waals surface area contributed by atoms with Crippen LogP contribution < -0.4 is 10.1 Å². The smallest absolute Gasteiger partial charge is 0.317 e. The molecule has 7 heteroatoms. The molecule has 1 aromatic rings. The van der Waals surface area contributed by atoms with Gasteiger partial charge in [-0.2, -0.15) is 0 Å². The van der Waals surface area contributed by atoms with Crippen molar-refractivity contribution in [2.24, 2.45) is 5.92 Å². The monoisotopic (exact) mass is 350 g/mol. The number of carbonyl (C=O) groups is 2. The normalized spacial score (nSPS) is 17.8. The highest BCUT2D eigenvalue weighted by Gasteiger charge is 2.20. The first-order valence-electron chi connectivity index (χ1n) is 8.42. The van der Waals surface area contributed by atoms with Crippen LogP contribution in [0.5, 0.6) is 5.75 Å². The van der Waals surface area contributed by atoms with E-state index >= 15 is 0 Å². The highest BCUT2D eigenvalue weighted by molar-refractivity contribution is 5.75. The summed E-state index contributed by atoms with van der Waals surface area (Å²) in [5.74, 6) is -0.790. The molecule has 2 unspecified atom stereocenters. The molecule has 1 saturated heterocycles. The van der Waals surface area contributed by atoms with Gasteiger partial charge in [0.15, 0.2) is 0 Å². The molecule has 0 aliphatic carbocycles. The Kier molecular flexibility index (Phi) is 6.64. The quantitative estimate of drug-likeness (QED) is 0.785. The average molecular weight is 350 g/mol. The lowest BCUT2D eigenvalue weighted by Gasteiger charge is -2.21. The number of aliphatic carboxylic acids is 1. The molecule has 138 valence electrons.